The molecule has 0 fully saturated rings. The molecule has 0 heterocycles. The van der Waals surface area contributed by atoms with Gasteiger partial charge in [-0.2, -0.15) is 0 Å². The van der Waals surface area contributed by atoms with Crippen LogP contribution in [-0.4, -0.2) is 37.9 Å². The molecule has 0 radical (unpaired) electrons. The average molecular weight is 895 g/mol. The van der Waals surface area contributed by atoms with Gasteiger partial charge in [0.25, 0.3) is 0 Å². The van der Waals surface area contributed by atoms with Gasteiger partial charge in [0.15, 0.2) is 6.10 Å². The Labute approximate surface area is 398 Å². The molecule has 0 aliphatic carbocycles. The lowest BCUT2D eigenvalue weighted by Crippen LogP contribution is -2.30. The molecule has 0 aromatic heterocycles. The fraction of sp³-hybridized carbons (Fsp3) is 0.797. The molecule has 5 nitrogen and oxygen atoms in total. The number of carbonyl (C=O) groups excluding carboxylic acids is 2. The summed E-state index contributed by atoms with van der Waals surface area (Å²) in [6.07, 6.45) is 69.5. The van der Waals surface area contributed by atoms with Crippen molar-refractivity contribution in [2.24, 2.45) is 0 Å². The van der Waals surface area contributed by atoms with Crippen LogP contribution in [0, 0.1) is 0 Å². The highest BCUT2D eigenvalue weighted by Gasteiger charge is 2.17. The summed E-state index contributed by atoms with van der Waals surface area (Å²) in [4.78, 5) is 25.5. The number of ether oxygens (including phenoxy) is 3. The molecule has 0 aromatic rings. The third-order valence-corrected chi connectivity index (χ3v) is 12.0. The quantitative estimate of drug-likeness (QED) is 0.0346. The third-order valence-electron chi connectivity index (χ3n) is 12.0. The number of hydrogen-bond donors (Lipinski definition) is 0. The predicted molar refractivity (Wildman–Crippen MR) is 279 cm³/mol. The van der Waals surface area contributed by atoms with Gasteiger partial charge in [0.05, 0.1) is 6.61 Å². The minimum absolute atomic E-state index is 0.0758. The van der Waals surface area contributed by atoms with Crippen LogP contribution in [0.15, 0.2) is 60.8 Å². The molecule has 0 saturated carbocycles. The second-order valence-corrected chi connectivity index (χ2v) is 18.5. The van der Waals surface area contributed by atoms with Gasteiger partial charge in [-0.25, -0.2) is 0 Å². The predicted octanol–water partition coefficient (Wildman–Crippen LogP) is 18.9. The Balaban J connectivity index is 4.25. The minimum Gasteiger partial charge on any atom is -0.462 e. The highest BCUT2D eigenvalue weighted by atomic mass is 16.6. The van der Waals surface area contributed by atoms with Crippen LogP contribution in [0.2, 0.25) is 0 Å². The molecule has 0 rings (SSSR count). The lowest BCUT2D eigenvalue weighted by atomic mass is 10.0. The molecule has 0 amide bonds. The molecule has 0 saturated heterocycles. The van der Waals surface area contributed by atoms with E-state index in [0.29, 0.717) is 19.4 Å². The van der Waals surface area contributed by atoms with E-state index in [0.717, 1.165) is 77.0 Å². The lowest BCUT2D eigenvalue weighted by Gasteiger charge is -2.18. The van der Waals surface area contributed by atoms with Crippen LogP contribution >= 0.6 is 0 Å². The third kappa shape index (κ3) is 52.2. The topological polar surface area (TPSA) is 61.8 Å². The summed E-state index contributed by atoms with van der Waals surface area (Å²) in [6, 6.07) is 0. The number of unbranched alkanes of at least 4 members (excludes halogenated alkanes) is 30. The maximum absolute atomic E-state index is 12.8. The first-order valence-corrected chi connectivity index (χ1v) is 27.8. The molecule has 0 aromatic carbocycles. The van der Waals surface area contributed by atoms with E-state index in [1.54, 1.807) is 0 Å². The zero-order valence-corrected chi connectivity index (χ0v) is 42.8. The minimum atomic E-state index is -0.550. The number of rotatable bonds is 51. The Morgan fingerprint density at radius 1 is 0.359 bits per heavy atom. The molecule has 0 aliphatic heterocycles. The van der Waals surface area contributed by atoms with Crippen molar-refractivity contribution in [3.8, 4) is 0 Å². The Kier molecular flexibility index (Phi) is 52.9. The van der Waals surface area contributed by atoms with Crippen LogP contribution in [0.3, 0.4) is 0 Å². The molecule has 0 bridgehead atoms. The standard InChI is InChI=1S/C59H106O5/c1-4-7-10-13-16-19-22-25-28-29-30-31-33-34-37-40-43-46-49-52-58(60)63-56-57(55-62-54-51-48-45-42-39-36-27-24-21-18-15-12-9-6-3)64-59(61)53-50-47-44-41-38-35-32-26-23-20-17-14-11-8-5-2/h8,11-12,15,17,20-21,24,26,32,57H,4-7,9-10,13-14,16,18-19,22-23,25,27-31,33-56H2,1-3H3/b11-8-,15-12-,20-17-,24-21-,32-26-. The molecule has 0 aliphatic rings. The van der Waals surface area contributed by atoms with Crippen LogP contribution in [0.5, 0.6) is 0 Å². The van der Waals surface area contributed by atoms with Crippen LogP contribution in [0.25, 0.3) is 0 Å². The van der Waals surface area contributed by atoms with E-state index in [1.807, 2.05) is 0 Å². The van der Waals surface area contributed by atoms with Gasteiger partial charge >= 0.3 is 11.9 Å². The molecule has 1 atom stereocenters. The lowest BCUT2D eigenvalue weighted by molar-refractivity contribution is -0.163. The zero-order chi connectivity index (χ0) is 46.3. The molecule has 0 spiro atoms. The summed E-state index contributed by atoms with van der Waals surface area (Å²) in [6.45, 7) is 7.65. The Morgan fingerprint density at radius 3 is 1.19 bits per heavy atom. The van der Waals surface area contributed by atoms with Crippen molar-refractivity contribution in [3.63, 3.8) is 0 Å². The Morgan fingerprint density at radius 2 is 0.734 bits per heavy atom. The highest BCUT2D eigenvalue weighted by molar-refractivity contribution is 5.70. The van der Waals surface area contributed by atoms with E-state index in [1.165, 1.54) is 167 Å². The summed E-state index contributed by atoms with van der Waals surface area (Å²) in [5, 5.41) is 0. The summed E-state index contributed by atoms with van der Waals surface area (Å²) in [5.41, 5.74) is 0. The van der Waals surface area contributed by atoms with Gasteiger partial charge in [-0.15, -0.1) is 0 Å². The zero-order valence-electron chi connectivity index (χ0n) is 42.8. The summed E-state index contributed by atoms with van der Waals surface area (Å²) < 4.78 is 17.4. The number of hydrogen-bond acceptors (Lipinski definition) is 5. The molecule has 372 valence electrons. The smallest absolute Gasteiger partial charge is 0.306 e. The SMILES string of the molecule is CC/C=C\C/C=C\C/C=C\CCCCCCCC(=O)OC(COCCCCCCCC/C=C\C/C=C\CCC)COC(=O)CCCCCCCCCCCCCCCCCCCCC. The van der Waals surface area contributed by atoms with Crippen molar-refractivity contribution in [2.75, 3.05) is 19.8 Å². The van der Waals surface area contributed by atoms with Crippen molar-refractivity contribution < 1.29 is 23.8 Å². The van der Waals surface area contributed by atoms with E-state index in [9.17, 15) is 9.59 Å². The highest BCUT2D eigenvalue weighted by Crippen LogP contribution is 2.16. The van der Waals surface area contributed by atoms with Crippen molar-refractivity contribution >= 4 is 11.9 Å². The van der Waals surface area contributed by atoms with Crippen LogP contribution < -0.4 is 0 Å². The van der Waals surface area contributed by atoms with Crippen LogP contribution in [-0.2, 0) is 23.8 Å². The first-order chi connectivity index (χ1) is 31.6. The Bertz CT molecular complexity index is 1100. The maximum Gasteiger partial charge on any atom is 0.306 e. The monoisotopic (exact) mass is 895 g/mol. The summed E-state index contributed by atoms with van der Waals surface area (Å²) in [7, 11) is 0. The van der Waals surface area contributed by atoms with Crippen molar-refractivity contribution in [3.05, 3.63) is 60.8 Å². The number of allylic oxidation sites excluding steroid dienone is 10. The van der Waals surface area contributed by atoms with Crippen molar-refractivity contribution in [1.29, 1.82) is 0 Å². The van der Waals surface area contributed by atoms with Crippen molar-refractivity contribution in [2.45, 2.75) is 284 Å². The van der Waals surface area contributed by atoms with E-state index < -0.39 is 6.10 Å². The molecule has 0 N–H and O–H groups in total. The fourth-order valence-electron chi connectivity index (χ4n) is 7.92. The van der Waals surface area contributed by atoms with Crippen LogP contribution in [0.1, 0.15) is 278 Å². The van der Waals surface area contributed by atoms with Gasteiger partial charge < -0.3 is 14.2 Å². The van der Waals surface area contributed by atoms with E-state index >= 15 is 0 Å². The summed E-state index contributed by atoms with van der Waals surface area (Å²) >= 11 is 0. The maximum atomic E-state index is 12.8. The fourth-order valence-corrected chi connectivity index (χ4v) is 7.92. The Hall–Kier alpha value is -2.40. The van der Waals surface area contributed by atoms with E-state index in [2.05, 4.69) is 81.5 Å². The molecule has 5 heteroatoms. The largest absolute Gasteiger partial charge is 0.462 e. The van der Waals surface area contributed by atoms with Crippen LogP contribution in [0.4, 0.5) is 0 Å². The molecular formula is C59H106O5. The van der Waals surface area contributed by atoms with Gasteiger partial charge in [0.2, 0.25) is 0 Å². The molecule has 1 unspecified atom stereocenters. The van der Waals surface area contributed by atoms with Gasteiger partial charge in [-0.3, -0.25) is 9.59 Å². The summed E-state index contributed by atoms with van der Waals surface area (Å²) in [5.74, 6) is -0.411. The molecule has 64 heavy (non-hydrogen) atoms. The number of esters is 2. The normalized spacial score (nSPS) is 12.6. The number of carbonyl (C=O) groups is 2. The first kappa shape index (κ1) is 61.6. The molecular weight excluding hydrogens is 789 g/mol. The first-order valence-electron chi connectivity index (χ1n) is 27.8. The average Bonchev–Trinajstić information content (AvgIpc) is 3.30. The van der Waals surface area contributed by atoms with Crippen molar-refractivity contribution in [1.82, 2.24) is 0 Å². The second-order valence-electron chi connectivity index (χ2n) is 18.5. The van der Waals surface area contributed by atoms with Gasteiger partial charge in [0.1, 0.15) is 6.61 Å². The van der Waals surface area contributed by atoms with Gasteiger partial charge in [-0.1, -0.05) is 248 Å². The van der Waals surface area contributed by atoms with E-state index in [4.69, 9.17) is 14.2 Å². The van der Waals surface area contributed by atoms with E-state index in [-0.39, 0.29) is 25.2 Å². The van der Waals surface area contributed by atoms with Gasteiger partial charge in [0, 0.05) is 19.4 Å². The van der Waals surface area contributed by atoms with Gasteiger partial charge in [-0.05, 0) is 77.0 Å². The second kappa shape index (κ2) is 54.9.